The second-order valence-corrected chi connectivity index (χ2v) is 5.60. The molecule has 6 heteroatoms. The predicted molar refractivity (Wildman–Crippen MR) is 86.6 cm³/mol. The molecule has 1 atom stereocenters. The third-order valence-electron chi connectivity index (χ3n) is 3.79. The van der Waals surface area contributed by atoms with Gasteiger partial charge in [0.25, 0.3) is 5.91 Å². The van der Waals surface area contributed by atoms with E-state index in [1.807, 2.05) is 32.0 Å². The van der Waals surface area contributed by atoms with Gasteiger partial charge in [-0.3, -0.25) is 14.5 Å². The molecule has 1 aliphatic rings. The highest BCUT2D eigenvalue weighted by Gasteiger charge is 2.40. The summed E-state index contributed by atoms with van der Waals surface area (Å²) in [5, 5.41) is 2.65. The molecule has 0 aromatic heterocycles. The summed E-state index contributed by atoms with van der Waals surface area (Å²) >= 11 is 0. The maximum atomic E-state index is 12.5. The molecular weight excluding hydrogens is 294 g/mol. The molecule has 124 valence electrons. The van der Waals surface area contributed by atoms with Crippen molar-refractivity contribution in [3.8, 4) is 0 Å². The number of benzene rings is 1. The lowest BCUT2D eigenvalue weighted by molar-refractivity contribution is -0.137. The predicted octanol–water partition coefficient (Wildman–Crippen LogP) is 1.93. The summed E-state index contributed by atoms with van der Waals surface area (Å²) < 4.78 is 0. The van der Waals surface area contributed by atoms with Gasteiger partial charge < -0.3 is 10.2 Å². The zero-order chi connectivity index (χ0) is 16.8. The van der Waals surface area contributed by atoms with Gasteiger partial charge in [-0.1, -0.05) is 44.2 Å². The molecule has 1 aromatic rings. The molecule has 1 aliphatic heterocycles. The smallest absolute Gasteiger partial charge is 0.325 e. The topological polar surface area (TPSA) is 69.7 Å². The summed E-state index contributed by atoms with van der Waals surface area (Å²) in [4.78, 5) is 39.6. The first-order chi connectivity index (χ1) is 11.1. The van der Waals surface area contributed by atoms with Crippen LogP contribution in [-0.2, 0) is 9.59 Å². The van der Waals surface area contributed by atoms with E-state index in [1.165, 1.54) is 0 Å². The molecule has 0 saturated carbocycles. The average Bonchev–Trinajstić information content (AvgIpc) is 2.83. The minimum atomic E-state index is -0.706. The SMILES string of the molecule is CCCN(CCC)C(=O)CN1C(=O)NC(c2ccccc2)C1=O. The van der Waals surface area contributed by atoms with Gasteiger partial charge in [-0.15, -0.1) is 0 Å². The number of nitrogens with one attached hydrogen (secondary N) is 1. The van der Waals surface area contributed by atoms with Gasteiger partial charge in [-0.05, 0) is 18.4 Å². The second-order valence-electron chi connectivity index (χ2n) is 5.60. The quantitative estimate of drug-likeness (QED) is 0.781. The van der Waals surface area contributed by atoms with E-state index in [2.05, 4.69) is 5.32 Å². The van der Waals surface area contributed by atoms with E-state index in [1.54, 1.807) is 17.0 Å². The average molecular weight is 317 g/mol. The Morgan fingerprint density at radius 1 is 1.13 bits per heavy atom. The Bertz CT molecular complexity index is 568. The van der Waals surface area contributed by atoms with Gasteiger partial charge in [-0.25, -0.2) is 4.79 Å². The van der Waals surface area contributed by atoms with Crippen molar-refractivity contribution in [1.29, 1.82) is 0 Å². The normalized spacial score (nSPS) is 17.3. The summed E-state index contributed by atoms with van der Waals surface area (Å²) in [5.41, 5.74) is 0.722. The van der Waals surface area contributed by atoms with Crippen LogP contribution in [-0.4, -0.2) is 47.3 Å². The van der Waals surface area contributed by atoms with Crippen LogP contribution in [0.15, 0.2) is 30.3 Å². The molecule has 0 spiro atoms. The maximum absolute atomic E-state index is 12.5. The first kappa shape index (κ1) is 17.0. The molecule has 4 amide bonds. The fourth-order valence-electron chi connectivity index (χ4n) is 2.68. The van der Waals surface area contributed by atoms with E-state index in [0.717, 1.165) is 23.3 Å². The Labute approximate surface area is 136 Å². The molecule has 0 aliphatic carbocycles. The fourth-order valence-corrected chi connectivity index (χ4v) is 2.68. The van der Waals surface area contributed by atoms with Crippen LogP contribution < -0.4 is 5.32 Å². The number of carbonyl (C=O) groups is 3. The van der Waals surface area contributed by atoms with Gasteiger partial charge in [0, 0.05) is 13.1 Å². The monoisotopic (exact) mass is 317 g/mol. The van der Waals surface area contributed by atoms with E-state index >= 15 is 0 Å². The maximum Gasteiger partial charge on any atom is 0.325 e. The van der Waals surface area contributed by atoms with Gasteiger partial charge in [0.2, 0.25) is 5.91 Å². The lowest BCUT2D eigenvalue weighted by atomic mass is 10.1. The Morgan fingerprint density at radius 2 is 1.74 bits per heavy atom. The third kappa shape index (κ3) is 3.88. The van der Waals surface area contributed by atoms with Crippen molar-refractivity contribution in [3.63, 3.8) is 0 Å². The number of urea groups is 1. The van der Waals surface area contributed by atoms with Crippen molar-refractivity contribution in [2.45, 2.75) is 32.7 Å². The van der Waals surface area contributed by atoms with Crippen molar-refractivity contribution < 1.29 is 14.4 Å². The highest BCUT2D eigenvalue weighted by molar-refractivity contribution is 6.06. The zero-order valence-electron chi connectivity index (χ0n) is 13.6. The number of rotatable bonds is 7. The standard InChI is InChI=1S/C17H23N3O3/c1-3-10-19(11-4-2)14(21)12-20-16(22)15(18-17(20)23)13-8-6-5-7-9-13/h5-9,15H,3-4,10-12H2,1-2H3,(H,18,23). The molecule has 1 unspecified atom stereocenters. The molecule has 0 radical (unpaired) electrons. The van der Waals surface area contributed by atoms with E-state index in [4.69, 9.17) is 0 Å². The van der Waals surface area contributed by atoms with Gasteiger partial charge in [0.1, 0.15) is 12.6 Å². The largest absolute Gasteiger partial charge is 0.341 e. The fraction of sp³-hybridized carbons (Fsp3) is 0.471. The van der Waals surface area contributed by atoms with Crippen LogP contribution in [0.3, 0.4) is 0 Å². The Balaban J connectivity index is 2.07. The summed E-state index contributed by atoms with van der Waals surface area (Å²) in [7, 11) is 0. The molecular formula is C17H23N3O3. The van der Waals surface area contributed by atoms with E-state index < -0.39 is 12.1 Å². The third-order valence-corrected chi connectivity index (χ3v) is 3.79. The Morgan fingerprint density at radius 3 is 2.30 bits per heavy atom. The van der Waals surface area contributed by atoms with Crippen LogP contribution >= 0.6 is 0 Å². The van der Waals surface area contributed by atoms with Crippen molar-refractivity contribution in [2.24, 2.45) is 0 Å². The number of hydrogen-bond acceptors (Lipinski definition) is 3. The lowest BCUT2D eigenvalue weighted by Gasteiger charge is -2.23. The highest BCUT2D eigenvalue weighted by atomic mass is 16.2. The van der Waals surface area contributed by atoms with Gasteiger partial charge >= 0.3 is 6.03 Å². The van der Waals surface area contributed by atoms with Gasteiger partial charge in [0.05, 0.1) is 0 Å². The summed E-state index contributed by atoms with van der Waals surface area (Å²) in [6, 6.07) is 7.83. The van der Waals surface area contributed by atoms with Crippen molar-refractivity contribution >= 4 is 17.8 Å². The van der Waals surface area contributed by atoms with E-state index in [9.17, 15) is 14.4 Å². The number of carbonyl (C=O) groups excluding carboxylic acids is 3. The summed E-state index contributed by atoms with van der Waals surface area (Å²) in [6.45, 7) is 5.06. The molecule has 1 fully saturated rings. The summed E-state index contributed by atoms with van der Waals surface area (Å²) in [5.74, 6) is -0.562. The number of amides is 4. The van der Waals surface area contributed by atoms with E-state index in [-0.39, 0.29) is 18.4 Å². The minimum Gasteiger partial charge on any atom is -0.341 e. The van der Waals surface area contributed by atoms with Crippen molar-refractivity contribution in [3.05, 3.63) is 35.9 Å². The van der Waals surface area contributed by atoms with Crippen LogP contribution in [0, 0.1) is 0 Å². The van der Waals surface area contributed by atoms with Crippen molar-refractivity contribution in [2.75, 3.05) is 19.6 Å². The number of hydrogen-bond donors (Lipinski definition) is 1. The number of nitrogens with zero attached hydrogens (tertiary/aromatic N) is 2. The van der Waals surface area contributed by atoms with Crippen LogP contribution in [0.2, 0.25) is 0 Å². The first-order valence-corrected chi connectivity index (χ1v) is 8.03. The Kier molecular flexibility index (Phi) is 5.73. The molecule has 0 bridgehead atoms. The zero-order valence-corrected chi connectivity index (χ0v) is 13.6. The van der Waals surface area contributed by atoms with Gasteiger partial charge in [0.15, 0.2) is 0 Å². The lowest BCUT2D eigenvalue weighted by Crippen LogP contribution is -2.43. The molecule has 1 heterocycles. The molecule has 1 saturated heterocycles. The van der Waals surface area contributed by atoms with Crippen molar-refractivity contribution in [1.82, 2.24) is 15.1 Å². The van der Waals surface area contributed by atoms with Gasteiger partial charge in [-0.2, -0.15) is 0 Å². The highest BCUT2D eigenvalue weighted by Crippen LogP contribution is 2.21. The van der Waals surface area contributed by atoms with Crippen LogP contribution in [0.5, 0.6) is 0 Å². The summed E-state index contributed by atoms with van der Waals surface area (Å²) in [6.07, 6.45) is 1.69. The molecule has 2 rings (SSSR count). The van der Waals surface area contributed by atoms with E-state index in [0.29, 0.717) is 13.1 Å². The molecule has 23 heavy (non-hydrogen) atoms. The second kappa shape index (κ2) is 7.76. The number of imide groups is 1. The molecule has 6 nitrogen and oxygen atoms in total. The minimum absolute atomic E-state index is 0.189. The van der Waals surface area contributed by atoms with Crippen LogP contribution in [0.25, 0.3) is 0 Å². The molecule has 1 aromatic carbocycles. The first-order valence-electron chi connectivity index (χ1n) is 8.03. The Hall–Kier alpha value is -2.37. The van der Waals surface area contributed by atoms with Crippen LogP contribution in [0.4, 0.5) is 4.79 Å². The van der Waals surface area contributed by atoms with Crippen LogP contribution in [0.1, 0.15) is 38.3 Å². The molecule has 1 N–H and O–H groups in total.